The molecule has 0 N–H and O–H groups in total. The number of aryl methyl sites for hydroxylation is 2. The molecule has 1 aliphatic carbocycles. The quantitative estimate of drug-likeness (QED) is 0.833. The molecule has 1 saturated carbocycles. The molecule has 2 bridgehead atoms. The first kappa shape index (κ1) is 17.6. The van der Waals surface area contributed by atoms with Crippen LogP contribution in [0.4, 0.5) is 0 Å². The van der Waals surface area contributed by atoms with Gasteiger partial charge in [-0.1, -0.05) is 20.3 Å². The number of piperidine rings is 1. The Hall–Kier alpha value is -1.85. The summed E-state index contributed by atoms with van der Waals surface area (Å²) in [6.45, 7) is 6.75. The summed E-state index contributed by atoms with van der Waals surface area (Å²) in [6.07, 6.45) is 6.13. The Labute approximate surface area is 155 Å². The fraction of sp³-hybridized carbons (Fsp3) is 0.750. The van der Waals surface area contributed by atoms with Gasteiger partial charge < -0.3 is 9.80 Å². The van der Waals surface area contributed by atoms with Gasteiger partial charge in [-0.2, -0.15) is 5.10 Å². The predicted octanol–water partition coefficient (Wildman–Crippen LogP) is 2.38. The van der Waals surface area contributed by atoms with E-state index in [9.17, 15) is 9.59 Å². The number of hydrogen-bond acceptors (Lipinski definition) is 3. The van der Waals surface area contributed by atoms with Crippen molar-refractivity contribution in [1.82, 2.24) is 19.6 Å². The second-order valence-corrected chi connectivity index (χ2v) is 8.60. The Morgan fingerprint density at radius 2 is 2.04 bits per heavy atom. The second-order valence-electron chi connectivity index (χ2n) is 8.60. The summed E-state index contributed by atoms with van der Waals surface area (Å²) in [7, 11) is 1.86. The van der Waals surface area contributed by atoms with Crippen LogP contribution in [0.25, 0.3) is 0 Å². The number of amides is 2. The molecule has 3 fully saturated rings. The van der Waals surface area contributed by atoms with E-state index in [1.807, 2.05) is 13.1 Å². The Morgan fingerprint density at radius 3 is 2.73 bits per heavy atom. The third-order valence-corrected chi connectivity index (χ3v) is 6.95. The average molecular weight is 358 g/mol. The van der Waals surface area contributed by atoms with E-state index in [1.165, 1.54) is 0 Å². The summed E-state index contributed by atoms with van der Waals surface area (Å²) in [5.74, 6) is 0.235. The van der Waals surface area contributed by atoms with Gasteiger partial charge in [0.25, 0.3) is 5.91 Å². The van der Waals surface area contributed by atoms with Crippen molar-refractivity contribution in [3.8, 4) is 0 Å². The molecule has 1 aromatic rings. The predicted molar refractivity (Wildman–Crippen MR) is 98.7 cm³/mol. The molecular weight excluding hydrogens is 328 g/mol. The van der Waals surface area contributed by atoms with Crippen LogP contribution in [0.3, 0.4) is 0 Å². The van der Waals surface area contributed by atoms with E-state index in [2.05, 4.69) is 28.7 Å². The largest absolute Gasteiger partial charge is 0.335 e. The second kappa shape index (κ2) is 6.10. The minimum Gasteiger partial charge on any atom is -0.335 e. The normalized spacial score (nSPS) is 32.8. The lowest BCUT2D eigenvalue weighted by molar-refractivity contribution is -0.132. The molecule has 3 aliphatic rings. The topological polar surface area (TPSA) is 58.4 Å². The molecule has 0 spiro atoms. The van der Waals surface area contributed by atoms with Crippen LogP contribution in [0, 0.1) is 5.41 Å². The van der Waals surface area contributed by atoms with Crippen molar-refractivity contribution in [3.63, 3.8) is 0 Å². The molecule has 6 heteroatoms. The summed E-state index contributed by atoms with van der Waals surface area (Å²) in [5, 5.41) is 4.51. The van der Waals surface area contributed by atoms with Crippen molar-refractivity contribution in [1.29, 1.82) is 0 Å². The Bertz CT molecular complexity index is 742. The maximum Gasteiger partial charge on any atom is 0.272 e. The Balaban J connectivity index is 1.68. The molecule has 142 valence electrons. The van der Waals surface area contributed by atoms with Crippen LogP contribution in [-0.2, 0) is 18.3 Å². The van der Waals surface area contributed by atoms with Crippen molar-refractivity contribution < 1.29 is 9.59 Å². The molecule has 3 heterocycles. The number of hydrogen-bond donors (Lipinski definition) is 0. The van der Waals surface area contributed by atoms with Crippen molar-refractivity contribution in [3.05, 3.63) is 17.5 Å². The third-order valence-electron chi connectivity index (χ3n) is 6.95. The molecule has 26 heavy (non-hydrogen) atoms. The van der Waals surface area contributed by atoms with Crippen LogP contribution in [0.15, 0.2) is 6.07 Å². The maximum atomic E-state index is 13.4. The molecule has 4 rings (SSSR count). The van der Waals surface area contributed by atoms with Gasteiger partial charge in [-0.05, 0) is 38.2 Å². The number of fused-ring (bicyclic) bond motifs is 1. The van der Waals surface area contributed by atoms with Gasteiger partial charge >= 0.3 is 0 Å². The standard InChI is InChI=1S/C20H30N4O2/c1-5-7-14-10-16(22(4)21-14)19(26)23-12-15-11-20(3)17(23)8-6-9-18(20)24(15)13(2)25/h10,15,17-18H,5-9,11-12H2,1-4H3/t15-,17+,18-,20+/m0/s1. The molecule has 2 amide bonds. The smallest absolute Gasteiger partial charge is 0.272 e. The minimum atomic E-state index is 0.0212. The summed E-state index contributed by atoms with van der Waals surface area (Å²) >= 11 is 0. The summed E-state index contributed by atoms with van der Waals surface area (Å²) in [4.78, 5) is 29.9. The van der Waals surface area contributed by atoms with Gasteiger partial charge in [0.1, 0.15) is 5.69 Å². The minimum absolute atomic E-state index is 0.0212. The van der Waals surface area contributed by atoms with E-state index in [0.717, 1.165) is 44.2 Å². The van der Waals surface area contributed by atoms with Crippen LogP contribution in [0.2, 0.25) is 0 Å². The monoisotopic (exact) mass is 358 g/mol. The third kappa shape index (κ3) is 2.41. The van der Waals surface area contributed by atoms with E-state index in [-0.39, 0.29) is 35.4 Å². The molecule has 6 nitrogen and oxygen atoms in total. The van der Waals surface area contributed by atoms with Crippen molar-refractivity contribution in [2.45, 2.75) is 77.4 Å². The van der Waals surface area contributed by atoms with E-state index in [4.69, 9.17) is 0 Å². The molecular formula is C20H30N4O2. The maximum absolute atomic E-state index is 13.4. The van der Waals surface area contributed by atoms with E-state index in [0.29, 0.717) is 12.2 Å². The van der Waals surface area contributed by atoms with E-state index >= 15 is 0 Å². The number of carbonyl (C=O) groups excluding carboxylic acids is 2. The van der Waals surface area contributed by atoms with Gasteiger partial charge in [0.2, 0.25) is 5.91 Å². The van der Waals surface area contributed by atoms with Gasteiger partial charge in [-0.25, -0.2) is 0 Å². The lowest BCUT2D eigenvalue weighted by Crippen LogP contribution is -2.57. The number of likely N-dealkylation sites (tertiary alicyclic amines) is 2. The highest BCUT2D eigenvalue weighted by Gasteiger charge is 2.61. The highest BCUT2D eigenvalue weighted by Crippen LogP contribution is 2.54. The van der Waals surface area contributed by atoms with Gasteiger partial charge in [0.15, 0.2) is 0 Å². The van der Waals surface area contributed by atoms with Gasteiger partial charge in [0.05, 0.1) is 11.7 Å². The number of nitrogens with zero attached hydrogens (tertiary/aromatic N) is 4. The fourth-order valence-corrected chi connectivity index (χ4v) is 5.95. The highest BCUT2D eigenvalue weighted by atomic mass is 16.2. The molecule has 4 atom stereocenters. The summed E-state index contributed by atoms with van der Waals surface area (Å²) < 4.78 is 1.73. The molecule has 0 aromatic carbocycles. The molecule has 2 saturated heterocycles. The zero-order valence-corrected chi connectivity index (χ0v) is 16.4. The van der Waals surface area contributed by atoms with E-state index < -0.39 is 0 Å². The molecule has 0 radical (unpaired) electrons. The Morgan fingerprint density at radius 1 is 1.31 bits per heavy atom. The van der Waals surface area contributed by atoms with Gasteiger partial charge in [0, 0.05) is 38.0 Å². The van der Waals surface area contributed by atoms with Crippen LogP contribution < -0.4 is 0 Å². The lowest BCUT2D eigenvalue weighted by atomic mass is 9.65. The number of aromatic nitrogens is 2. The van der Waals surface area contributed by atoms with Crippen molar-refractivity contribution >= 4 is 11.8 Å². The van der Waals surface area contributed by atoms with Gasteiger partial charge in [-0.15, -0.1) is 0 Å². The molecule has 1 aromatic heterocycles. The summed E-state index contributed by atoms with van der Waals surface area (Å²) in [6, 6.07) is 2.61. The van der Waals surface area contributed by atoms with Crippen LogP contribution in [0.1, 0.15) is 69.1 Å². The first-order valence-corrected chi connectivity index (χ1v) is 9.99. The van der Waals surface area contributed by atoms with Crippen LogP contribution in [-0.4, -0.2) is 56.1 Å². The SMILES string of the molecule is CCCc1cc(C(=O)N2C[C@@H]3C[C@@]4(C)[C@H](CCC[C@@H]24)N3C(C)=O)n(C)n1. The zero-order valence-electron chi connectivity index (χ0n) is 16.4. The number of rotatable bonds is 3. The fourth-order valence-electron chi connectivity index (χ4n) is 5.95. The highest BCUT2D eigenvalue weighted by molar-refractivity contribution is 5.93. The average Bonchev–Trinajstić information content (AvgIpc) is 3.08. The summed E-state index contributed by atoms with van der Waals surface area (Å²) in [5.41, 5.74) is 1.68. The van der Waals surface area contributed by atoms with E-state index in [1.54, 1.807) is 11.6 Å². The van der Waals surface area contributed by atoms with Crippen LogP contribution in [0.5, 0.6) is 0 Å². The van der Waals surface area contributed by atoms with Gasteiger partial charge in [-0.3, -0.25) is 14.3 Å². The zero-order chi connectivity index (χ0) is 18.6. The molecule has 0 unspecified atom stereocenters. The lowest BCUT2D eigenvalue weighted by Gasteiger charge is -2.49. The van der Waals surface area contributed by atoms with Crippen molar-refractivity contribution in [2.75, 3.05) is 6.54 Å². The molecule has 2 aliphatic heterocycles. The van der Waals surface area contributed by atoms with Crippen molar-refractivity contribution in [2.24, 2.45) is 12.5 Å². The first-order chi connectivity index (χ1) is 12.4. The Kier molecular flexibility index (Phi) is 4.12. The van der Waals surface area contributed by atoms with Crippen LogP contribution >= 0.6 is 0 Å². The number of carbonyl (C=O) groups is 2. The first-order valence-electron chi connectivity index (χ1n) is 9.99.